The minimum Gasteiger partial charge on any atom is -0.357 e. The summed E-state index contributed by atoms with van der Waals surface area (Å²) in [4.78, 5) is 27.1. The van der Waals surface area contributed by atoms with E-state index in [0.717, 1.165) is 28.6 Å². The lowest BCUT2D eigenvalue weighted by molar-refractivity contribution is -0.139. The molecule has 1 atom stereocenters. The van der Waals surface area contributed by atoms with Gasteiger partial charge in [0.2, 0.25) is 11.8 Å². The van der Waals surface area contributed by atoms with Crippen molar-refractivity contribution in [2.75, 3.05) is 17.9 Å². The van der Waals surface area contributed by atoms with E-state index in [4.69, 9.17) is 23.2 Å². The number of halogens is 3. The van der Waals surface area contributed by atoms with Gasteiger partial charge in [-0.15, -0.1) is 0 Å². The van der Waals surface area contributed by atoms with Crippen molar-refractivity contribution in [2.24, 2.45) is 0 Å². The monoisotopic (exact) mass is 551 g/mol. The topological polar surface area (TPSA) is 86.8 Å². The summed E-state index contributed by atoms with van der Waals surface area (Å²) >= 11 is 12.6. The number of carbonyl (C=O) groups is 2. The van der Waals surface area contributed by atoms with E-state index in [0.29, 0.717) is 15.6 Å². The molecule has 0 heterocycles. The third-order valence-corrected chi connectivity index (χ3v) is 8.02. The van der Waals surface area contributed by atoms with Crippen LogP contribution >= 0.6 is 23.2 Å². The summed E-state index contributed by atoms with van der Waals surface area (Å²) in [5.74, 6) is -1.73. The van der Waals surface area contributed by atoms with Crippen molar-refractivity contribution in [2.45, 2.75) is 24.4 Å². The zero-order valence-corrected chi connectivity index (χ0v) is 21.8. The van der Waals surface area contributed by atoms with E-state index < -0.39 is 40.2 Å². The number of hydrogen-bond acceptors (Lipinski definition) is 4. The SMILES string of the molecule is CNC(=O)C(C)N(Cc1c(Cl)cccc1Cl)C(=O)CN(c1ccccc1)S(=O)(=O)c1ccc(F)cc1. The maximum atomic E-state index is 13.6. The van der Waals surface area contributed by atoms with E-state index in [1.54, 1.807) is 36.4 Å². The molecule has 0 saturated carbocycles. The number of para-hydroxylation sites is 1. The van der Waals surface area contributed by atoms with Gasteiger partial charge in [0.05, 0.1) is 10.6 Å². The zero-order chi connectivity index (χ0) is 26.5. The highest BCUT2D eigenvalue weighted by Crippen LogP contribution is 2.28. The molecule has 3 aromatic carbocycles. The molecule has 0 bridgehead atoms. The second-order valence-corrected chi connectivity index (χ2v) is 10.5. The molecule has 11 heteroatoms. The fourth-order valence-corrected chi connectivity index (χ4v) is 5.43. The molecule has 7 nitrogen and oxygen atoms in total. The summed E-state index contributed by atoms with van der Waals surface area (Å²) in [5.41, 5.74) is 0.635. The number of sulfonamides is 1. The van der Waals surface area contributed by atoms with Crippen LogP contribution in [-0.4, -0.2) is 44.8 Å². The Morgan fingerprint density at radius 1 is 0.944 bits per heavy atom. The highest BCUT2D eigenvalue weighted by atomic mass is 35.5. The molecule has 0 aliphatic heterocycles. The van der Waals surface area contributed by atoms with Crippen molar-refractivity contribution in [3.05, 3.63) is 94.2 Å². The first-order valence-electron chi connectivity index (χ1n) is 10.8. The van der Waals surface area contributed by atoms with E-state index in [-0.39, 0.29) is 17.1 Å². The van der Waals surface area contributed by atoms with Gasteiger partial charge in [0.1, 0.15) is 18.4 Å². The summed E-state index contributed by atoms with van der Waals surface area (Å²) in [7, 11) is -2.84. The predicted molar refractivity (Wildman–Crippen MR) is 138 cm³/mol. The number of benzene rings is 3. The van der Waals surface area contributed by atoms with Crippen LogP contribution in [0.5, 0.6) is 0 Å². The number of nitrogens with one attached hydrogen (secondary N) is 1. The number of amides is 2. The van der Waals surface area contributed by atoms with Crippen LogP contribution in [-0.2, 0) is 26.2 Å². The van der Waals surface area contributed by atoms with Gasteiger partial charge < -0.3 is 10.2 Å². The van der Waals surface area contributed by atoms with Gasteiger partial charge in [-0.05, 0) is 55.5 Å². The Kier molecular flexibility index (Phi) is 8.94. The largest absolute Gasteiger partial charge is 0.357 e. The molecule has 0 spiro atoms. The molecule has 1 N–H and O–H groups in total. The molecule has 190 valence electrons. The Balaban J connectivity index is 2.04. The Labute approximate surface area is 219 Å². The van der Waals surface area contributed by atoms with Gasteiger partial charge in [-0.25, -0.2) is 12.8 Å². The molecule has 3 aromatic rings. The third kappa shape index (κ3) is 6.16. The van der Waals surface area contributed by atoms with Gasteiger partial charge in [0.25, 0.3) is 10.0 Å². The van der Waals surface area contributed by atoms with Crippen molar-refractivity contribution in [3.63, 3.8) is 0 Å². The molecular formula is C25H24Cl2FN3O4S. The Hall–Kier alpha value is -3.14. The lowest BCUT2D eigenvalue weighted by Crippen LogP contribution is -2.50. The number of hydrogen-bond donors (Lipinski definition) is 1. The highest BCUT2D eigenvalue weighted by molar-refractivity contribution is 7.92. The van der Waals surface area contributed by atoms with E-state index in [2.05, 4.69) is 5.32 Å². The fraction of sp³-hybridized carbons (Fsp3) is 0.200. The van der Waals surface area contributed by atoms with E-state index >= 15 is 0 Å². The molecule has 2 amide bonds. The average molecular weight is 552 g/mol. The Morgan fingerprint density at radius 2 is 1.53 bits per heavy atom. The van der Waals surface area contributed by atoms with Gasteiger partial charge in [0.15, 0.2) is 0 Å². The first kappa shape index (κ1) is 27.4. The zero-order valence-electron chi connectivity index (χ0n) is 19.5. The Morgan fingerprint density at radius 3 is 2.08 bits per heavy atom. The van der Waals surface area contributed by atoms with Gasteiger partial charge in [0, 0.05) is 29.2 Å². The second-order valence-electron chi connectivity index (χ2n) is 7.81. The molecule has 3 rings (SSSR count). The van der Waals surface area contributed by atoms with Crippen LogP contribution in [0.1, 0.15) is 12.5 Å². The molecule has 0 radical (unpaired) electrons. The summed E-state index contributed by atoms with van der Waals surface area (Å²) in [6.07, 6.45) is 0. The maximum absolute atomic E-state index is 13.6. The van der Waals surface area contributed by atoms with Crippen LogP contribution in [0, 0.1) is 5.82 Å². The molecule has 0 aliphatic carbocycles. The lowest BCUT2D eigenvalue weighted by atomic mass is 10.1. The summed E-state index contributed by atoms with van der Waals surface area (Å²) in [6.45, 7) is 0.751. The molecule has 0 saturated heterocycles. The third-order valence-electron chi connectivity index (χ3n) is 5.53. The van der Waals surface area contributed by atoms with Crippen LogP contribution < -0.4 is 9.62 Å². The molecule has 0 aliphatic rings. The number of carbonyl (C=O) groups excluding carboxylic acids is 2. The Bertz CT molecular complexity index is 1320. The molecule has 1 unspecified atom stereocenters. The molecular weight excluding hydrogens is 528 g/mol. The average Bonchev–Trinajstić information content (AvgIpc) is 2.86. The minimum atomic E-state index is -4.27. The van der Waals surface area contributed by atoms with Crippen molar-refractivity contribution >= 4 is 50.7 Å². The fourth-order valence-electron chi connectivity index (χ4n) is 3.50. The first-order valence-corrected chi connectivity index (χ1v) is 13.0. The first-order chi connectivity index (χ1) is 17.1. The van der Waals surface area contributed by atoms with Gasteiger partial charge in [-0.3, -0.25) is 13.9 Å². The van der Waals surface area contributed by atoms with Crippen molar-refractivity contribution in [1.82, 2.24) is 10.2 Å². The number of anilines is 1. The normalized spacial score (nSPS) is 12.0. The summed E-state index contributed by atoms with van der Waals surface area (Å²) in [5, 5.41) is 3.08. The maximum Gasteiger partial charge on any atom is 0.264 e. The van der Waals surface area contributed by atoms with Gasteiger partial charge in [-0.1, -0.05) is 47.5 Å². The molecule has 0 fully saturated rings. The minimum absolute atomic E-state index is 0.134. The van der Waals surface area contributed by atoms with Crippen molar-refractivity contribution < 1.29 is 22.4 Å². The van der Waals surface area contributed by atoms with Crippen LogP contribution in [0.4, 0.5) is 10.1 Å². The van der Waals surface area contributed by atoms with Gasteiger partial charge in [-0.2, -0.15) is 0 Å². The van der Waals surface area contributed by atoms with E-state index in [9.17, 15) is 22.4 Å². The highest BCUT2D eigenvalue weighted by Gasteiger charge is 2.32. The van der Waals surface area contributed by atoms with Crippen molar-refractivity contribution in [1.29, 1.82) is 0 Å². The molecule has 36 heavy (non-hydrogen) atoms. The lowest BCUT2D eigenvalue weighted by Gasteiger charge is -2.32. The van der Waals surface area contributed by atoms with E-state index in [1.165, 1.54) is 31.0 Å². The van der Waals surface area contributed by atoms with Crippen LogP contribution in [0.3, 0.4) is 0 Å². The summed E-state index contributed by atoms with van der Waals surface area (Å²) < 4.78 is 41.5. The van der Waals surface area contributed by atoms with Gasteiger partial charge >= 0.3 is 0 Å². The van der Waals surface area contributed by atoms with Crippen LogP contribution in [0.15, 0.2) is 77.7 Å². The summed E-state index contributed by atoms with van der Waals surface area (Å²) in [6, 6.07) is 16.2. The van der Waals surface area contributed by atoms with Crippen molar-refractivity contribution in [3.8, 4) is 0 Å². The van der Waals surface area contributed by atoms with Crippen LogP contribution in [0.25, 0.3) is 0 Å². The predicted octanol–water partition coefficient (Wildman–Crippen LogP) is 4.49. The second kappa shape index (κ2) is 11.7. The smallest absolute Gasteiger partial charge is 0.264 e. The standard InChI is InChI=1S/C25H24Cl2FN3O4S/c1-17(25(33)29-2)30(15-21-22(26)9-6-10-23(21)27)24(32)16-31(19-7-4-3-5-8-19)36(34,35)20-13-11-18(28)12-14-20/h3-14,17H,15-16H2,1-2H3,(H,29,33). The van der Waals surface area contributed by atoms with Crippen LogP contribution in [0.2, 0.25) is 10.0 Å². The number of rotatable bonds is 9. The molecule has 0 aromatic heterocycles. The number of likely N-dealkylation sites (N-methyl/N-ethyl adjacent to an activating group) is 1. The quantitative estimate of drug-likeness (QED) is 0.424. The van der Waals surface area contributed by atoms with E-state index in [1.807, 2.05) is 0 Å². The number of nitrogens with zero attached hydrogens (tertiary/aromatic N) is 2.